The lowest BCUT2D eigenvalue weighted by molar-refractivity contribution is 0.0563. The van der Waals surface area contributed by atoms with E-state index < -0.39 is 0 Å². The Hall–Kier alpha value is -2.54. The minimum absolute atomic E-state index is 0.213. The number of ether oxygens (including phenoxy) is 2. The Morgan fingerprint density at radius 1 is 1.27 bits per heavy atom. The third kappa shape index (κ3) is 3.04. The second-order valence-electron chi connectivity index (χ2n) is 4.83. The van der Waals surface area contributed by atoms with E-state index in [0.29, 0.717) is 32.2 Å². The molecule has 1 aromatic carbocycles. The summed E-state index contributed by atoms with van der Waals surface area (Å²) < 4.78 is 15.5. The van der Waals surface area contributed by atoms with Crippen LogP contribution < -0.4 is 10.1 Å². The summed E-state index contributed by atoms with van der Waals surface area (Å²) in [6, 6.07) is 7.24. The van der Waals surface area contributed by atoms with Crippen LogP contribution in [0.5, 0.6) is 5.75 Å². The molecule has 2 aromatic rings. The zero-order valence-electron chi connectivity index (χ0n) is 12.2. The maximum absolute atomic E-state index is 12.2. The van der Waals surface area contributed by atoms with Crippen molar-refractivity contribution < 1.29 is 18.8 Å². The molecule has 2 amide bonds. The highest BCUT2D eigenvalue weighted by Crippen LogP contribution is 2.29. The Balaban J connectivity index is 1.75. The predicted octanol–water partition coefficient (Wildman–Crippen LogP) is 2.21. The van der Waals surface area contributed by atoms with Gasteiger partial charge in [-0.05, 0) is 17.7 Å². The van der Waals surface area contributed by atoms with E-state index in [1.165, 1.54) is 0 Å². The molecule has 2 heterocycles. The van der Waals surface area contributed by atoms with Crippen LogP contribution in [0.1, 0.15) is 0 Å². The van der Waals surface area contributed by atoms with E-state index in [4.69, 9.17) is 14.0 Å². The van der Waals surface area contributed by atoms with Crippen molar-refractivity contribution in [2.45, 2.75) is 0 Å². The number of nitrogens with zero attached hydrogens (tertiary/aromatic N) is 2. The molecule has 0 bridgehead atoms. The van der Waals surface area contributed by atoms with Crippen LogP contribution in [0.3, 0.4) is 0 Å². The van der Waals surface area contributed by atoms with Crippen LogP contribution in [-0.2, 0) is 4.74 Å². The van der Waals surface area contributed by atoms with E-state index >= 15 is 0 Å². The van der Waals surface area contributed by atoms with Crippen LogP contribution in [0.25, 0.3) is 11.1 Å². The predicted molar refractivity (Wildman–Crippen MR) is 79.9 cm³/mol. The summed E-state index contributed by atoms with van der Waals surface area (Å²) in [7, 11) is 1.61. The van der Waals surface area contributed by atoms with Gasteiger partial charge in [0.15, 0.2) is 0 Å². The Morgan fingerprint density at radius 3 is 2.68 bits per heavy atom. The summed E-state index contributed by atoms with van der Waals surface area (Å²) in [5.41, 5.74) is 1.61. The number of benzene rings is 1. The van der Waals surface area contributed by atoms with Gasteiger partial charge in [0.2, 0.25) is 5.88 Å². The van der Waals surface area contributed by atoms with Gasteiger partial charge in [-0.15, -0.1) is 0 Å². The largest absolute Gasteiger partial charge is 0.497 e. The van der Waals surface area contributed by atoms with Crippen LogP contribution in [0.15, 0.2) is 35.0 Å². The average molecular weight is 303 g/mol. The van der Waals surface area contributed by atoms with Crippen molar-refractivity contribution in [1.29, 1.82) is 0 Å². The standard InChI is InChI=1S/C15H17N3O4/c1-20-12-4-2-11(3-5-12)13-10-16-22-14(13)17-15(19)18-6-8-21-9-7-18/h2-5,10H,6-9H2,1H3,(H,17,19). The monoisotopic (exact) mass is 303 g/mol. The van der Waals surface area contributed by atoms with E-state index in [1.54, 1.807) is 18.2 Å². The lowest BCUT2D eigenvalue weighted by atomic mass is 10.1. The highest BCUT2D eigenvalue weighted by molar-refractivity contribution is 5.92. The summed E-state index contributed by atoms with van der Waals surface area (Å²) in [5.74, 6) is 1.10. The van der Waals surface area contributed by atoms with Crippen molar-refractivity contribution in [3.05, 3.63) is 30.5 Å². The van der Waals surface area contributed by atoms with Gasteiger partial charge in [-0.2, -0.15) is 0 Å². The summed E-state index contributed by atoms with van der Waals surface area (Å²) in [5, 5.41) is 6.53. The van der Waals surface area contributed by atoms with E-state index in [0.717, 1.165) is 16.9 Å². The van der Waals surface area contributed by atoms with Crippen LogP contribution in [0.2, 0.25) is 0 Å². The molecule has 1 aliphatic rings. The van der Waals surface area contributed by atoms with Gasteiger partial charge in [-0.25, -0.2) is 4.79 Å². The Labute approximate surface area is 127 Å². The number of anilines is 1. The molecule has 0 spiro atoms. The number of nitrogens with one attached hydrogen (secondary N) is 1. The number of carbonyl (C=O) groups is 1. The van der Waals surface area contributed by atoms with Gasteiger partial charge < -0.3 is 18.9 Å². The first-order valence-electron chi connectivity index (χ1n) is 7.00. The number of amides is 2. The minimum atomic E-state index is -0.213. The Morgan fingerprint density at radius 2 is 2.00 bits per heavy atom. The molecule has 0 radical (unpaired) electrons. The van der Waals surface area contributed by atoms with Crippen molar-refractivity contribution in [2.24, 2.45) is 0 Å². The van der Waals surface area contributed by atoms with Crippen LogP contribution >= 0.6 is 0 Å². The van der Waals surface area contributed by atoms with Crippen LogP contribution in [-0.4, -0.2) is 49.5 Å². The summed E-state index contributed by atoms with van der Waals surface area (Å²) in [6.45, 7) is 2.24. The van der Waals surface area contributed by atoms with E-state index in [9.17, 15) is 4.79 Å². The average Bonchev–Trinajstić information content (AvgIpc) is 3.04. The molecule has 7 nitrogen and oxygen atoms in total. The molecule has 0 aliphatic carbocycles. The number of aromatic nitrogens is 1. The fraction of sp³-hybridized carbons (Fsp3) is 0.333. The Kier molecular flexibility index (Phi) is 4.24. The molecule has 3 rings (SSSR count). The van der Waals surface area contributed by atoms with Crippen molar-refractivity contribution in [3.63, 3.8) is 0 Å². The molecule has 1 aromatic heterocycles. The number of rotatable bonds is 3. The van der Waals surface area contributed by atoms with Crippen molar-refractivity contribution >= 4 is 11.9 Å². The fourth-order valence-corrected chi connectivity index (χ4v) is 2.25. The number of urea groups is 1. The van der Waals surface area contributed by atoms with Gasteiger partial charge in [0.25, 0.3) is 0 Å². The zero-order valence-corrected chi connectivity index (χ0v) is 12.2. The fourth-order valence-electron chi connectivity index (χ4n) is 2.25. The summed E-state index contributed by atoms with van der Waals surface area (Å²) in [6.07, 6.45) is 1.58. The molecule has 116 valence electrons. The molecule has 0 unspecified atom stereocenters. The molecular weight excluding hydrogens is 286 g/mol. The van der Waals surface area contributed by atoms with Gasteiger partial charge in [0, 0.05) is 13.1 Å². The SMILES string of the molecule is COc1ccc(-c2cnoc2NC(=O)N2CCOCC2)cc1. The molecule has 1 fully saturated rings. The maximum atomic E-state index is 12.2. The summed E-state index contributed by atoms with van der Waals surface area (Å²) in [4.78, 5) is 13.9. The highest BCUT2D eigenvalue weighted by atomic mass is 16.5. The third-order valence-corrected chi connectivity index (χ3v) is 3.49. The molecule has 1 aliphatic heterocycles. The van der Waals surface area contributed by atoms with Gasteiger partial charge in [0.1, 0.15) is 5.75 Å². The first-order chi connectivity index (χ1) is 10.8. The number of carbonyl (C=O) groups excluding carboxylic acids is 1. The number of morpholine rings is 1. The molecule has 7 heteroatoms. The van der Waals surface area contributed by atoms with Gasteiger partial charge in [0.05, 0.1) is 32.1 Å². The highest BCUT2D eigenvalue weighted by Gasteiger charge is 2.20. The van der Waals surface area contributed by atoms with Gasteiger partial charge in [-0.1, -0.05) is 17.3 Å². The van der Waals surface area contributed by atoms with Crippen molar-refractivity contribution in [3.8, 4) is 16.9 Å². The molecule has 1 N–H and O–H groups in total. The normalized spacial score (nSPS) is 14.7. The Bertz CT molecular complexity index is 632. The zero-order chi connectivity index (χ0) is 15.4. The molecular formula is C15H17N3O4. The second kappa shape index (κ2) is 6.48. The molecule has 1 saturated heterocycles. The molecule has 0 atom stereocenters. The van der Waals surface area contributed by atoms with Crippen molar-refractivity contribution in [2.75, 3.05) is 38.7 Å². The van der Waals surface area contributed by atoms with Crippen molar-refractivity contribution in [1.82, 2.24) is 10.1 Å². The van der Waals surface area contributed by atoms with Gasteiger partial charge >= 0.3 is 6.03 Å². The smallest absolute Gasteiger partial charge is 0.324 e. The number of methoxy groups -OCH3 is 1. The maximum Gasteiger partial charge on any atom is 0.324 e. The first-order valence-corrected chi connectivity index (χ1v) is 7.00. The minimum Gasteiger partial charge on any atom is -0.497 e. The number of hydrogen-bond acceptors (Lipinski definition) is 5. The number of hydrogen-bond donors (Lipinski definition) is 1. The lowest BCUT2D eigenvalue weighted by Gasteiger charge is -2.26. The third-order valence-electron chi connectivity index (χ3n) is 3.49. The van der Waals surface area contributed by atoms with Crippen LogP contribution in [0.4, 0.5) is 10.7 Å². The summed E-state index contributed by atoms with van der Waals surface area (Å²) >= 11 is 0. The molecule has 0 saturated carbocycles. The van der Waals surface area contributed by atoms with E-state index in [2.05, 4.69) is 10.5 Å². The molecule has 22 heavy (non-hydrogen) atoms. The topological polar surface area (TPSA) is 76.8 Å². The quantitative estimate of drug-likeness (QED) is 0.940. The van der Waals surface area contributed by atoms with Gasteiger partial charge in [-0.3, -0.25) is 5.32 Å². The van der Waals surface area contributed by atoms with Crippen LogP contribution in [0, 0.1) is 0 Å². The first kappa shape index (κ1) is 14.4. The lowest BCUT2D eigenvalue weighted by Crippen LogP contribution is -2.43. The second-order valence-corrected chi connectivity index (χ2v) is 4.83. The van der Waals surface area contributed by atoms with E-state index in [-0.39, 0.29) is 6.03 Å². The van der Waals surface area contributed by atoms with E-state index in [1.807, 2.05) is 24.3 Å².